The van der Waals surface area contributed by atoms with Crippen LogP contribution in [0.3, 0.4) is 0 Å². The molecule has 0 aromatic heterocycles. The topological polar surface area (TPSA) is 133 Å². The Morgan fingerprint density at radius 1 is 1.41 bits per heavy atom. The molecule has 27 heavy (non-hydrogen) atoms. The van der Waals surface area contributed by atoms with Crippen LogP contribution in [0.15, 0.2) is 23.1 Å². The minimum Gasteiger partial charge on any atom is -0.477 e. The first-order valence-electron chi connectivity index (χ1n) is 7.28. The number of ether oxygens (including phenoxy) is 1. The van der Waals surface area contributed by atoms with Crippen molar-refractivity contribution in [1.82, 2.24) is 5.32 Å². The van der Waals surface area contributed by atoms with Crippen molar-refractivity contribution in [3.8, 4) is 5.75 Å². The molecule has 1 aliphatic rings. The van der Waals surface area contributed by atoms with E-state index in [1.807, 2.05) is 0 Å². The molecule has 1 fully saturated rings. The summed E-state index contributed by atoms with van der Waals surface area (Å²) in [4.78, 5) is 20.9. The van der Waals surface area contributed by atoms with Gasteiger partial charge in [-0.25, -0.2) is 12.6 Å². The Kier molecular flexibility index (Phi) is 6.09. The number of benzene rings is 1. The Hall–Kier alpha value is -2.22. The fraction of sp³-hybridized carbons (Fsp3) is 0.462. The molecule has 150 valence electrons. The smallest absolute Gasteiger partial charge is 0.475 e. The second-order valence-corrected chi connectivity index (χ2v) is 9.26. The highest BCUT2D eigenvalue weighted by atomic mass is 32.2. The van der Waals surface area contributed by atoms with E-state index >= 15 is 0 Å². The average molecular weight is 430 g/mol. The Morgan fingerprint density at radius 3 is 2.59 bits per heavy atom. The highest BCUT2D eigenvalue weighted by molar-refractivity contribution is 7.91. The van der Waals surface area contributed by atoms with Gasteiger partial charge in [-0.05, 0) is 18.6 Å². The van der Waals surface area contributed by atoms with Crippen molar-refractivity contribution < 1.29 is 40.3 Å². The minimum atomic E-state index is -5.09. The highest BCUT2D eigenvalue weighted by Crippen LogP contribution is 2.33. The normalized spacial score (nSPS) is 20.0. The number of nitrogens with one attached hydrogen (secondary N) is 1. The van der Waals surface area contributed by atoms with Gasteiger partial charge in [-0.1, -0.05) is 0 Å². The molecule has 0 radical (unpaired) electrons. The van der Waals surface area contributed by atoms with E-state index in [0.717, 1.165) is 12.1 Å². The van der Waals surface area contributed by atoms with Gasteiger partial charge in [0.05, 0.1) is 21.3 Å². The van der Waals surface area contributed by atoms with Gasteiger partial charge in [0.15, 0.2) is 33.0 Å². The summed E-state index contributed by atoms with van der Waals surface area (Å²) in [6.07, 6.45) is 0.228. The van der Waals surface area contributed by atoms with Crippen LogP contribution in [0.25, 0.3) is 0 Å². The molecule has 9 nitrogen and oxygen atoms in total. The van der Waals surface area contributed by atoms with Crippen molar-refractivity contribution in [2.24, 2.45) is 0 Å². The van der Waals surface area contributed by atoms with Gasteiger partial charge >= 0.3 is 11.2 Å². The molecule has 1 heterocycles. The van der Waals surface area contributed by atoms with Gasteiger partial charge in [0, 0.05) is 12.1 Å². The molecule has 0 unspecified atom stereocenters. The summed E-state index contributed by atoms with van der Waals surface area (Å²) in [5, 5.41) is 13.4. The maximum Gasteiger partial charge on any atom is 0.475 e. The Morgan fingerprint density at radius 2 is 2.07 bits per heavy atom. The Labute approximate surface area is 153 Å². The van der Waals surface area contributed by atoms with E-state index in [1.54, 1.807) is 0 Å². The van der Waals surface area contributed by atoms with E-state index in [1.165, 1.54) is 0 Å². The Bertz CT molecular complexity index is 886. The number of nitro groups is 1. The predicted octanol–water partition coefficient (Wildman–Crippen LogP) is 0.904. The molecule has 0 spiro atoms. The standard InChI is InChI=1S/C13H13F3N2O7S2/c14-13(15,16)26(22)9-1-2-11(10(5-9)18(20)21)25-6-12(19)17-8-3-4-27(23,24)7-8/h1-2,5,8H,3-4,6-7H2,(H,17,19)/t8-,26-/m0/s1. The quantitative estimate of drug-likeness (QED) is 0.524. The number of amides is 1. The zero-order valence-corrected chi connectivity index (χ0v) is 15.0. The Balaban J connectivity index is 2.06. The molecule has 1 amide bonds. The summed E-state index contributed by atoms with van der Waals surface area (Å²) in [7, 11) is -6.67. The van der Waals surface area contributed by atoms with Gasteiger partial charge < -0.3 is 10.1 Å². The van der Waals surface area contributed by atoms with Crippen molar-refractivity contribution in [3.05, 3.63) is 28.3 Å². The second kappa shape index (κ2) is 7.80. The van der Waals surface area contributed by atoms with E-state index in [4.69, 9.17) is 4.74 Å². The molecular formula is C13H13F3N2O7S2. The monoisotopic (exact) mass is 430 g/mol. The lowest BCUT2D eigenvalue weighted by molar-refractivity contribution is -0.386. The van der Waals surface area contributed by atoms with E-state index in [2.05, 4.69) is 5.32 Å². The fourth-order valence-electron chi connectivity index (χ4n) is 2.33. The van der Waals surface area contributed by atoms with Crippen molar-refractivity contribution in [1.29, 1.82) is 0 Å². The van der Waals surface area contributed by atoms with Crippen molar-refractivity contribution >= 4 is 32.2 Å². The molecule has 0 saturated carbocycles. The number of carbonyl (C=O) groups is 1. The minimum absolute atomic E-state index is 0.0674. The molecule has 0 aliphatic carbocycles. The van der Waals surface area contributed by atoms with Crippen LogP contribution in [-0.4, -0.2) is 53.1 Å². The van der Waals surface area contributed by atoms with Crippen LogP contribution < -0.4 is 10.1 Å². The van der Waals surface area contributed by atoms with Crippen LogP contribution in [-0.2, 0) is 25.4 Å². The summed E-state index contributed by atoms with van der Waals surface area (Å²) in [6.45, 7) is -0.709. The molecule has 1 saturated heterocycles. The van der Waals surface area contributed by atoms with Crippen LogP contribution in [0.1, 0.15) is 6.42 Å². The van der Waals surface area contributed by atoms with Gasteiger partial charge in [-0.2, -0.15) is 13.2 Å². The molecule has 1 aliphatic heterocycles. The first-order valence-corrected chi connectivity index (χ1v) is 10.3. The molecule has 14 heteroatoms. The van der Waals surface area contributed by atoms with Crippen molar-refractivity contribution in [2.75, 3.05) is 18.1 Å². The largest absolute Gasteiger partial charge is 0.477 e. The van der Waals surface area contributed by atoms with Gasteiger partial charge in [0.2, 0.25) is 0 Å². The maximum atomic E-state index is 12.5. The summed E-state index contributed by atoms with van der Waals surface area (Å²) >= 11 is 0. The SMILES string of the molecule is O=C(COc1ccc([S@](=O)C(F)(F)F)cc1[N+](=O)[O-])N[C@H]1CCS(=O)(=O)C1. The average Bonchev–Trinajstić information content (AvgIpc) is 2.89. The van der Waals surface area contributed by atoms with Gasteiger partial charge in [0.1, 0.15) is 0 Å². The fourth-order valence-corrected chi connectivity index (χ4v) is 4.68. The number of rotatable bonds is 6. The summed E-state index contributed by atoms with van der Waals surface area (Å²) in [6, 6.07) is 1.41. The van der Waals surface area contributed by atoms with Crippen LogP contribution in [0.5, 0.6) is 5.75 Å². The molecule has 1 aromatic rings. The molecule has 2 atom stereocenters. The third kappa shape index (κ3) is 5.63. The van der Waals surface area contributed by atoms with Crippen molar-refractivity contribution in [3.63, 3.8) is 0 Å². The molecule has 1 N–H and O–H groups in total. The predicted molar refractivity (Wildman–Crippen MR) is 86.3 cm³/mol. The second-order valence-electron chi connectivity index (χ2n) is 5.56. The summed E-state index contributed by atoms with van der Waals surface area (Å²) in [5.74, 6) is -1.52. The van der Waals surface area contributed by atoms with Gasteiger partial charge in [-0.3, -0.25) is 14.9 Å². The number of hydrogen-bond acceptors (Lipinski definition) is 7. The van der Waals surface area contributed by atoms with E-state index < -0.39 is 66.0 Å². The molecular weight excluding hydrogens is 417 g/mol. The number of carbonyl (C=O) groups excluding carboxylic acids is 1. The lowest BCUT2D eigenvalue weighted by Gasteiger charge is -2.12. The lowest BCUT2D eigenvalue weighted by atomic mass is 10.2. The van der Waals surface area contributed by atoms with Crippen LogP contribution in [0, 0.1) is 10.1 Å². The number of hydrogen-bond donors (Lipinski definition) is 1. The van der Waals surface area contributed by atoms with Crippen LogP contribution in [0.2, 0.25) is 0 Å². The van der Waals surface area contributed by atoms with E-state index in [-0.39, 0.29) is 17.9 Å². The molecule has 0 bridgehead atoms. The number of halogens is 3. The number of nitrogens with zero attached hydrogens (tertiary/aromatic N) is 1. The van der Waals surface area contributed by atoms with Gasteiger partial charge in [0.25, 0.3) is 5.91 Å². The third-order valence-corrected chi connectivity index (χ3v) is 6.38. The molecule has 1 aromatic carbocycles. The van der Waals surface area contributed by atoms with Crippen molar-refractivity contribution in [2.45, 2.75) is 22.9 Å². The highest BCUT2D eigenvalue weighted by Gasteiger charge is 2.39. The lowest BCUT2D eigenvalue weighted by Crippen LogP contribution is -2.38. The summed E-state index contributed by atoms with van der Waals surface area (Å²) < 4.78 is 76.3. The van der Waals surface area contributed by atoms with E-state index in [0.29, 0.717) is 6.07 Å². The van der Waals surface area contributed by atoms with E-state index in [9.17, 15) is 40.7 Å². The maximum absolute atomic E-state index is 12.5. The van der Waals surface area contributed by atoms with Crippen LogP contribution >= 0.6 is 0 Å². The first kappa shape index (κ1) is 21.1. The number of alkyl halides is 3. The number of sulfone groups is 1. The third-order valence-electron chi connectivity index (χ3n) is 3.51. The zero-order valence-electron chi connectivity index (χ0n) is 13.4. The van der Waals surface area contributed by atoms with Crippen LogP contribution in [0.4, 0.5) is 18.9 Å². The number of nitro benzene ring substituents is 1. The molecule has 2 rings (SSSR count). The summed E-state index contributed by atoms with van der Waals surface area (Å²) in [5.41, 5.74) is -5.97. The van der Waals surface area contributed by atoms with Gasteiger partial charge in [-0.15, -0.1) is 0 Å². The zero-order chi connectivity index (χ0) is 20.4. The first-order chi connectivity index (χ1) is 12.4.